The van der Waals surface area contributed by atoms with Gasteiger partial charge in [0, 0.05) is 38.1 Å². The molecule has 0 saturated heterocycles. The lowest BCUT2D eigenvalue weighted by Crippen LogP contribution is -2.20. The topological polar surface area (TPSA) is 34.1 Å². The summed E-state index contributed by atoms with van der Waals surface area (Å²) in [5.41, 5.74) is 1.15. The van der Waals surface area contributed by atoms with Crippen LogP contribution in [0.1, 0.15) is 31.9 Å². The molecule has 1 aromatic rings. The Balaban J connectivity index is 1.85. The Hall–Kier alpha value is -0.930. The van der Waals surface area contributed by atoms with E-state index in [1.165, 1.54) is 12.8 Å². The van der Waals surface area contributed by atoms with E-state index >= 15 is 0 Å². The highest BCUT2D eigenvalue weighted by Crippen LogP contribution is 1.93. The Kier molecular flexibility index (Phi) is 8.51. The first kappa shape index (κ1) is 14.1. The van der Waals surface area contributed by atoms with Crippen LogP contribution in [0.4, 0.5) is 0 Å². The minimum absolute atomic E-state index is 0.872. The van der Waals surface area contributed by atoms with Crippen molar-refractivity contribution in [1.82, 2.24) is 10.3 Å². The first-order chi connectivity index (χ1) is 8.43. The van der Waals surface area contributed by atoms with Crippen LogP contribution < -0.4 is 5.32 Å². The molecule has 0 amide bonds. The fraction of sp³-hybridized carbons (Fsp3) is 0.643. The number of hydrogen-bond acceptors (Lipinski definition) is 3. The van der Waals surface area contributed by atoms with Crippen LogP contribution in [-0.2, 0) is 11.2 Å². The maximum absolute atomic E-state index is 5.49. The van der Waals surface area contributed by atoms with Gasteiger partial charge in [-0.3, -0.25) is 4.98 Å². The number of ether oxygens (including phenoxy) is 1. The second-order valence-corrected chi connectivity index (χ2v) is 4.14. The van der Waals surface area contributed by atoms with Crippen molar-refractivity contribution in [3.8, 4) is 0 Å². The average Bonchev–Trinajstić information content (AvgIpc) is 2.38. The number of hydrogen-bond donors (Lipinski definition) is 1. The van der Waals surface area contributed by atoms with Gasteiger partial charge in [0.15, 0.2) is 0 Å². The summed E-state index contributed by atoms with van der Waals surface area (Å²) in [6.07, 6.45) is 6.32. The molecular weight excluding hydrogens is 212 g/mol. The Bertz CT molecular complexity index is 264. The zero-order chi connectivity index (χ0) is 12.2. The molecular formula is C14H24N2O. The summed E-state index contributed by atoms with van der Waals surface area (Å²) in [5.74, 6) is 0. The highest BCUT2D eigenvalue weighted by Gasteiger charge is 1.93. The molecule has 1 rings (SSSR count). The van der Waals surface area contributed by atoms with Crippen molar-refractivity contribution in [2.45, 2.75) is 32.6 Å². The predicted molar refractivity (Wildman–Crippen MR) is 71.2 cm³/mol. The van der Waals surface area contributed by atoms with E-state index < -0.39 is 0 Å². The summed E-state index contributed by atoms with van der Waals surface area (Å²) in [4.78, 5) is 4.28. The SMILES string of the molecule is CCCCOCCCNCCc1ccccn1. The first-order valence-corrected chi connectivity index (χ1v) is 6.62. The third-order valence-electron chi connectivity index (χ3n) is 2.57. The molecule has 0 saturated carbocycles. The standard InChI is InChI=1S/C14H24N2O/c1-2-3-12-17-13-6-9-15-11-8-14-7-4-5-10-16-14/h4-5,7,10,15H,2-3,6,8-9,11-13H2,1H3. The summed E-state index contributed by atoms with van der Waals surface area (Å²) in [6, 6.07) is 6.05. The van der Waals surface area contributed by atoms with Crippen LogP contribution in [0.2, 0.25) is 0 Å². The fourth-order valence-electron chi connectivity index (χ4n) is 1.54. The lowest BCUT2D eigenvalue weighted by molar-refractivity contribution is 0.129. The number of pyridine rings is 1. The number of rotatable bonds is 10. The molecule has 1 aromatic heterocycles. The van der Waals surface area contributed by atoms with Crippen LogP contribution >= 0.6 is 0 Å². The maximum atomic E-state index is 5.49. The van der Waals surface area contributed by atoms with Crippen molar-refractivity contribution >= 4 is 0 Å². The molecule has 0 unspecified atom stereocenters. The van der Waals surface area contributed by atoms with E-state index in [0.29, 0.717) is 0 Å². The lowest BCUT2D eigenvalue weighted by Gasteiger charge is -2.05. The van der Waals surface area contributed by atoms with Gasteiger partial charge in [0.25, 0.3) is 0 Å². The molecule has 1 heterocycles. The Morgan fingerprint density at radius 1 is 1.18 bits per heavy atom. The summed E-state index contributed by atoms with van der Waals surface area (Å²) in [5, 5.41) is 3.40. The van der Waals surface area contributed by atoms with E-state index in [4.69, 9.17) is 4.74 Å². The molecule has 0 spiro atoms. The van der Waals surface area contributed by atoms with E-state index in [0.717, 1.165) is 44.8 Å². The second-order valence-electron chi connectivity index (χ2n) is 4.14. The second kappa shape index (κ2) is 10.2. The van der Waals surface area contributed by atoms with Crippen LogP contribution in [0.25, 0.3) is 0 Å². The normalized spacial score (nSPS) is 10.6. The van der Waals surface area contributed by atoms with Crippen LogP contribution in [0.15, 0.2) is 24.4 Å². The number of unbranched alkanes of at least 4 members (excludes halogenated alkanes) is 1. The molecule has 1 N–H and O–H groups in total. The zero-order valence-electron chi connectivity index (χ0n) is 10.8. The number of nitrogens with zero attached hydrogens (tertiary/aromatic N) is 1. The van der Waals surface area contributed by atoms with Gasteiger partial charge in [0.05, 0.1) is 0 Å². The predicted octanol–water partition coefficient (Wildman–Crippen LogP) is 2.42. The maximum Gasteiger partial charge on any atom is 0.0478 e. The zero-order valence-corrected chi connectivity index (χ0v) is 10.8. The summed E-state index contributed by atoms with van der Waals surface area (Å²) in [7, 11) is 0. The van der Waals surface area contributed by atoms with Crippen molar-refractivity contribution in [3.05, 3.63) is 30.1 Å². The lowest BCUT2D eigenvalue weighted by atomic mass is 10.3. The van der Waals surface area contributed by atoms with Gasteiger partial charge in [-0.2, -0.15) is 0 Å². The van der Waals surface area contributed by atoms with Crippen LogP contribution in [-0.4, -0.2) is 31.3 Å². The molecule has 3 heteroatoms. The Morgan fingerprint density at radius 3 is 2.82 bits per heavy atom. The van der Waals surface area contributed by atoms with Crippen LogP contribution in [0.3, 0.4) is 0 Å². The van der Waals surface area contributed by atoms with Gasteiger partial charge < -0.3 is 10.1 Å². The van der Waals surface area contributed by atoms with E-state index in [2.05, 4.69) is 23.3 Å². The molecule has 3 nitrogen and oxygen atoms in total. The minimum atomic E-state index is 0.872. The van der Waals surface area contributed by atoms with E-state index in [-0.39, 0.29) is 0 Å². The van der Waals surface area contributed by atoms with Gasteiger partial charge in [-0.05, 0) is 31.5 Å². The summed E-state index contributed by atoms with van der Waals surface area (Å²) in [6.45, 7) is 5.98. The highest BCUT2D eigenvalue weighted by molar-refractivity contribution is 5.03. The molecule has 0 aliphatic carbocycles. The van der Waals surface area contributed by atoms with Crippen molar-refractivity contribution < 1.29 is 4.74 Å². The fourth-order valence-corrected chi connectivity index (χ4v) is 1.54. The molecule has 0 radical (unpaired) electrons. The first-order valence-electron chi connectivity index (χ1n) is 6.62. The average molecular weight is 236 g/mol. The van der Waals surface area contributed by atoms with Gasteiger partial charge >= 0.3 is 0 Å². The van der Waals surface area contributed by atoms with Gasteiger partial charge in [0.2, 0.25) is 0 Å². The van der Waals surface area contributed by atoms with E-state index in [1.54, 1.807) is 0 Å². The molecule has 0 aromatic carbocycles. The number of aromatic nitrogens is 1. The molecule has 0 fully saturated rings. The third kappa shape index (κ3) is 7.88. The van der Waals surface area contributed by atoms with E-state index in [1.807, 2.05) is 18.3 Å². The van der Waals surface area contributed by atoms with Gasteiger partial charge in [-0.25, -0.2) is 0 Å². The third-order valence-corrected chi connectivity index (χ3v) is 2.57. The molecule has 0 bridgehead atoms. The smallest absolute Gasteiger partial charge is 0.0478 e. The van der Waals surface area contributed by atoms with Gasteiger partial charge in [-0.15, -0.1) is 0 Å². The van der Waals surface area contributed by atoms with Crippen molar-refractivity contribution in [2.75, 3.05) is 26.3 Å². The summed E-state index contributed by atoms with van der Waals surface area (Å²) < 4.78 is 5.49. The molecule has 17 heavy (non-hydrogen) atoms. The van der Waals surface area contributed by atoms with Gasteiger partial charge in [0.1, 0.15) is 0 Å². The minimum Gasteiger partial charge on any atom is -0.381 e. The Morgan fingerprint density at radius 2 is 2.06 bits per heavy atom. The van der Waals surface area contributed by atoms with Gasteiger partial charge in [-0.1, -0.05) is 19.4 Å². The Labute approximate surface area is 105 Å². The van der Waals surface area contributed by atoms with Crippen molar-refractivity contribution in [3.63, 3.8) is 0 Å². The van der Waals surface area contributed by atoms with Crippen molar-refractivity contribution in [1.29, 1.82) is 0 Å². The molecule has 0 aliphatic rings. The number of nitrogens with one attached hydrogen (secondary N) is 1. The quantitative estimate of drug-likeness (QED) is 0.634. The van der Waals surface area contributed by atoms with Crippen molar-refractivity contribution in [2.24, 2.45) is 0 Å². The summed E-state index contributed by atoms with van der Waals surface area (Å²) >= 11 is 0. The molecule has 96 valence electrons. The van der Waals surface area contributed by atoms with Crippen LogP contribution in [0.5, 0.6) is 0 Å². The monoisotopic (exact) mass is 236 g/mol. The highest BCUT2D eigenvalue weighted by atomic mass is 16.5. The molecule has 0 aliphatic heterocycles. The van der Waals surface area contributed by atoms with Crippen LogP contribution in [0, 0.1) is 0 Å². The molecule has 0 atom stereocenters. The largest absolute Gasteiger partial charge is 0.381 e. The van der Waals surface area contributed by atoms with E-state index in [9.17, 15) is 0 Å².